The van der Waals surface area contributed by atoms with Gasteiger partial charge in [0.05, 0.1) is 0 Å². The van der Waals surface area contributed by atoms with Crippen molar-refractivity contribution < 1.29 is 9.90 Å². The maximum Gasteiger partial charge on any atom is 0.325 e. The average Bonchev–Trinajstić information content (AvgIpc) is 2.70. The second-order valence-corrected chi connectivity index (χ2v) is 5.09. The van der Waals surface area contributed by atoms with Gasteiger partial charge in [0.15, 0.2) is 0 Å². The van der Waals surface area contributed by atoms with Crippen LogP contribution in [0.25, 0.3) is 0 Å². The Bertz CT molecular complexity index is 266. The first-order valence-electron chi connectivity index (χ1n) is 6.08. The van der Waals surface area contributed by atoms with Crippen molar-refractivity contribution in [2.75, 3.05) is 26.2 Å². The van der Waals surface area contributed by atoms with E-state index < -0.39 is 11.5 Å². The molecule has 0 saturated carbocycles. The lowest BCUT2D eigenvalue weighted by Gasteiger charge is -2.38. The van der Waals surface area contributed by atoms with Gasteiger partial charge in [-0.25, -0.2) is 0 Å². The Morgan fingerprint density at radius 3 is 3.00 bits per heavy atom. The van der Waals surface area contributed by atoms with Crippen LogP contribution >= 0.6 is 0 Å². The summed E-state index contributed by atoms with van der Waals surface area (Å²) in [4.78, 5) is 13.3. The predicted octanol–water partition coefficient (Wildman–Crippen LogP) is -0.384. The van der Waals surface area contributed by atoms with E-state index >= 15 is 0 Å². The zero-order valence-corrected chi connectivity index (χ0v) is 9.61. The molecule has 0 amide bonds. The zero-order valence-electron chi connectivity index (χ0n) is 9.61. The third-order valence-electron chi connectivity index (χ3n) is 3.67. The van der Waals surface area contributed by atoms with Crippen molar-refractivity contribution in [1.29, 1.82) is 0 Å². The largest absolute Gasteiger partial charge is 0.480 e. The van der Waals surface area contributed by atoms with Crippen LogP contribution in [0.1, 0.15) is 25.7 Å². The lowest BCUT2D eigenvalue weighted by molar-refractivity contribution is -0.145. The molecule has 2 saturated heterocycles. The van der Waals surface area contributed by atoms with Gasteiger partial charge in [0.2, 0.25) is 0 Å². The monoisotopic (exact) mass is 227 g/mol. The molecule has 92 valence electrons. The van der Waals surface area contributed by atoms with Crippen LogP contribution < -0.4 is 11.1 Å². The second-order valence-electron chi connectivity index (χ2n) is 5.09. The number of piperidine rings is 1. The van der Waals surface area contributed by atoms with Crippen molar-refractivity contribution in [3.8, 4) is 0 Å². The van der Waals surface area contributed by atoms with E-state index in [0.717, 1.165) is 26.1 Å². The SMILES string of the molecule is N[C@]1(C(=O)O)CCCN(C[C@@H]2CCCN2)C1. The van der Waals surface area contributed by atoms with Crippen LogP contribution in [-0.2, 0) is 4.79 Å². The molecule has 0 unspecified atom stereocenters. The molecule has 0 spiro atoms. The van der Waals surface area contributed by atoms with E-state index in [9.17, 15) is 4.79 Å². The summed E-state index contributed by atoms with van der Waals surface area (Å²) >= 11 is 0. The van der Waals surface area contributed by atoms with Gasteiger partial charge < -0.3 is 16.2 Å². The van der Waals surface area contributed by atoms with E-state index in [1.807, 2.05) is 0 Å². The molecule has 0 bridgehead atoms. The van der Waals surface area contributed by atoms with Gasteiger partial charge in [-0.05, 0) is 38.8 Å². The predicted molar refractivity (Wildman–Crippen MR) is 61.3 cm³/mol. The van der Waals surface area contributed by atoms with Crippen LogP contribution in [0.15, 0.2) is 0 Å². The van der Waals surface area contributed by atoms with Crippen molar-refractivity contribution >= 4 is 5.97 Å². The zero-order chi connectivity index (χ0) is 11.6. The summed E-state index contributed by atoms with van der Waals surface area (Å²) in [5.41, 5.74) is 4.87. The molecule has 0 aromatic heterocycles. The molecule has 16 heavy (non-hydrogen) atoms. The fourth-order valence-electron chi connectivity index (χ4n) is 2.73. The standard InChI is InChI=1S/C11H21N3O2/c12-11(10(15)16)4-2-6-14(8-11)7-9-3-1-5-13-9/h9,13H,1-8,12H2,(H,15,16)/t9-,11+/m0/s1. The Labute approximate surface area is 96.0 Å². The fourth-order valence-corrected chi connectivity index (χ4v) is 2.73. The normalized spacial score (nSPS) is 36.4. The van der Waals surface area contributed by atoms with Crippen molar-refractivity contribution in [2.45, 2.75) is 37.3 Å². The lowest BCUT2D eigenvalue weighted by Crippen LogP contribution is -2.60. The van der Waals surface area contributed by atoms with Gasteiger partial charge in [0, 0.05) is 19.1 Å². The number of aliphatic carboxylic acids is 1. The summed E-state index contributed by atoms with van der Waals surface area (Å²) in [6.45, 7) is 3.49. The van der Waals surface area contributed by atoms with E-state index in [0.29, 0.717) is 19.0 Å². The number of hydrogen-bond acceptors (Lipinski definition) is 4. The molecular formula is C11H21N3O2. The van der Waals surface area contributed by atoms with E-state index in [1.54, 1.807) is 0 Å². The van der Waals surface area contributed by atoms with E-state index in [2.05, 4.69) is 10.2 Å². The quantitative estimate of drug-likeness (QED) is 0.612. The topological polar surface area (TPSA) is 78.6 Å². The summed E-state index contributed by atoms with van der Waals surface area (Å²) in [7, 11) is 0. The molecule has 5 heteroatoms. The number of carbonyl (C=O) groups is 1. The summed E-state index contributed by atoms with van der Waals surface area (Å²) in [5, 5.41) is 12.5. The molecule has 2 rings (SSSR count). The van der Waals surface area contributed by atoms with Crippen LogP contribution in [0.3, 0.4) is 0 Å². The number of nitrogens with one attached hydrogen (secondary N) is 1. The molecule has 2 fully saturated rings. The highest BCUT2D eigenvalue weighted by Crippen LogP contribution is 2.20. The Morgan fingerprint density at radius 2 is 2.38 bits per heavy atom. The van der Waals surface area contributed by atoms with E-state index in [1.165, 1.54) is 12.8 Å². The highest BCUT2D eigenvalue weighted by atomic mass is 16.4. The van der Waals surface area contributed by atoms with Crippen molar-refractivity contribution in [2.24, 2.45) is 5.73 Å². The first-order valence-corrected chi connectivity index (χ1v) is 6.08. The van der Waals surface area contributed by atoms with E-state index in [4.69, 9.17) is 10.8 Å². The Kier molecular flexibility index (Phi) is 3.47. The number of hydrogen-bond donors (Lipinski definition) is 3. The third-order valence-corrected chi connectivity index (χ3v) is 3.67. The second kappa shape index (κ2) is 4.69. The van der Waals surface area contributed by atoms with Gasteiger partial charge in [0.1, 0.15) is 5.54 Å². The maximum absolute atomic E-state index is 11.1. The minimum absolute atomic E-state index is 0.487. The Hall–Kier alpha value is -0.650. The number of rotatable bonds is 3. The van der Waals surface area contributed by atoms with Gasteiger partial charge in [-0.1, -0.05) is 0 Å². The minimum Gasteiger partial charge on any atom is -0.480 e. The van der Waals surface area contributed by atoms with Gasteiger partial charge in [-0.3, -0.25) is 9.69 Å². The van der Waals surface area contributed by atoms with Crippen molar-refractivity contribution in [3.05, 3.63) is 0 Å². The van der Waals surface area contributed by atoms with Crippen LogP contribution in [0.2, 0.25) is 0 Å². The lowest BCUT2D eigenvalue weighted by atomic mass is 9.90. The number of carboxylic acid groups (broad SMARTS) is 1. The van der Waals surface area contributed by atoms with Gasteiger partial charge in [-0.2, -0.15) is 0 Å². The van der Waals surface area contributed by atoms with Crippen molar-refractivity contribution in [3.63, 3.8) is 0 Å². The van der Waals surface area contributed by atoms with Gasteiger partial charge in [0.25, 0.3) is 0 Å². The number of nitrogens with zero attached hydrogens (tertiary/aromatic N) is 1. The number of nitrogens with two attached hydrogens (primary N) is 1. The maximum atomic E-state index is 11.1. The molecule has 0 radical (unpaired) electrons. The van der Waals surface area contributed by atoms with Gasteiger partial charge >= 0.3 is 5.97 Å². The summed E-state index contributed by atoms with van der Waals surface area (Å²) in [6, 6.07) is 0.524. The van der Waals surface area contributed by atoms with Gasteiger partial charge in [-0.15, -0.1) is 0 Å². The summed E-state index contributed by atoms with van der Waals surface area (Å²) < 4.78 is 0. The first kappa shape index (κ1) is 11.8. The molecule has 0 aliphatic carbocycles. The third kappa shape index (κ3) is 2.53. The summed E-state index contributed by atoms with van der Waals surface area (Å²) in [6.07, 6.45) is 3.90. The molecule has 2 atom stereocenters. The number of carboxylic acids is 1. The molecule has 2 aliphatic heterocycles. The Morgan fingerprint density at radius 1 is 1.56 bits per heavy atom. The summed E-state index contributed by atoms with van der Waals surface area (Å²) in [5.74, 6) is -0.864. The molecule has 0 aromatic carbocycles. The van der Waals surface area contributed by atoms with Crippen LogP contribution in [0, 0.1) is 0 Å². The van der Waals surface area contributed by atoms with Crippen LogP contribution in [-0.4, -0.2) is 53.7 Å². The Balaban J connectivity index is 1.88. The highest BCUT2D eigenvalue weighted by molar-refractivity contribution is 5.78. The average molecular weight is 227 g/mol. The molecular weight excluding hydrogens is 206 g/mol. The minimum atomic E-state index is -1.03. The molecule has 2 heterocycles. The van der Waals surface area contributed by atoms with Crippen molar-refractivity contribution in [1.82, 2.24) is 10.2 Å². The molecule has 2 aliphatic rings. The molecule has 0 aromatic rings. The molecule has 4 N–H and O–H groups in total. The highest BCUT2D eigenvalue weighted by Gasteiger charge is 2.39. The molecule has 5 nitrogen and oxygen atoms in total. The van der Waals surface area contributed by atoms with Crippen LogP contribution in [0.4, 0.5) is 0 Å². The fraction of sp³-hybridized carbons (Fsp3) is 0.909. The smallest absolute Gasteiger partial charge is 0.325 e. The van der Waals surface area contributed by atoms with Crippen LogP contribution in [0.5, 0.6) is 0 Å². The van der Waals surface area contributed by atoms with E-state index in [-0.39, 0.29) is 0 Å². The first-order chi connectivity index (χ1) is 7.60. The number of likely N-dealkylation sites (tertiary alicyclic amines) is 1.